The smallest absolute Gasteiger partial charge is 0.0469 e. The van der Waals surface area contributed by atoms with E-state index in [1.165, 1.54) is 62.6 Å². The predicted molar refractivity (Wildman–Crippen MR) is 76.1 cm³/mol. The van der Waals surface area contributed by atoms with Crippen molar-refractivity contribution in [2.24, 2.45) is 5.92 Å². The Balaban J connectivity index is 1.84. The van der Waals surface area contributed by atoms with E-state index in [1.54, 1.807) is 0 Å². The second-order valence-corrected chi connectivity index (χ2v) is 6.54. The Hall–Kier alpha value is -0.560. The quantitative estimate of drug-likeness (QED) is 0.529. The van der Waals surface area contributed by atoms with Crippen molar-refractivity contribution in [3.8, 4) is 0 Å². The van der Waals surface area contributed by atoms with Crippen molar-refractivity contribution in [1.29, 1.82) is 0 Å². The summed E-state index contributed by atoms with van der Waals surface area (Å²) in [5.74, 6) is 1.44. The predicted octanol–water partition coefficient (Wildman–Crippen LogP) is 4.69. The summed E-state index contributed by atoms with van der Waals surface area (Å²) in [6.07, 6.45) is 12.2. The molecule has 98 valence electrons. The van der Waals surface area contributed by atoms with E-state index in [0.717, 1.165) is 5.92 Å². The zero-order chi connectivity index (χ0) is 12.4. The van der Waals surface area contributed by atoms with Crippen LogP contribution in [0.3, 0.4) is 0 Å². The third-order valence-electron chi connectivity index (χ3n) is 4.71. The highest BCUT2D eigenvalue weighted by molar-refractivity contribution is 6.20. The Morgan fingerprint density at radius 2 is 2.00 bits per heavy atom. The molecular formula is C16H22ClN. The van der Waals surface area contributed by atoms with E-state index in [-0.39, 0.29) is 0 Å². The monoisotopic (exact) mass is 263 g/mol. The lowest BCUT2D eigenvalue weighted by molar-refractivity contribution is 0.336. The fourth-order valence-electron chi connectivity index (χ4n) is 3.81. The zero-order valence-corrected chi connectivity index (χ0v) is 11.7. The Morgan fingerprint density at radius 3 is 2.94 bits per heavy atom. The Kier molecular flexibility index (Phi) is 3.88. The summed E-state index contributed by atoms with van der Waals surface area (Å²) >= 11 is 6.44. The molecule has 0 N–H and O–H groups in total. The summed E-state index contributed by atoms with van der Waals surface area (Å²) in [5.41, 5.74) is 2.88. The molecule has 1 saturated carbocycles. The molecule has 3 atom stereocenters. The van der Waals surface area contributed by atoms with E-state index < -0.39 is 0 Å². The number of halogens is 1. The van der Waals surface area contributed by atoms with Crippen LogP contribution in [0.4, 0.5) is 0 Å². The molecule has 0 aliphatic heterocycles. The molecule has 3 rings (SSSR count). The number of aryl methyl sites for hydroxylation is 1. The lowest BCUT2D eigenvalue weighted by atomic mass is 9.75. The molecule has 2 aliphatic rings. The van der Waals surface area contributed by atoms with Gasteiger partial charge in [0.2, 0.25) is 0 Å². The standard InChI is InChI=1S/C16H22ClN/c17-14-8-2-1-5-13(11-14)15-9-3-6-12-7-4-10-18-16(12)15/h4,7,10,13-15H,1-3,5-6,8-9,11H2. The number of aromatic nitrogens is 1. The largest absolute Gasteiger partial charge is 0.261 e. The highest BCUT2D eigenvalue weighted by Gasteiger charge is 2.31. The third kappa shape index (κ3) is 2.56. The Bertz CT molecular complexity index is 404. The van der Waals surface area contributed by atoms with Gasteiger partial charge in [-0.2, -0.15) is 0 Å². The first-order chi connectivity index (χ1) is 8.84. The van der Waals surface area contributed by atoms with Crippen molar-refractivity contribution < 1.29 is 0 Å². The van der Waals surface area contributed by atoms with Crippen LogP contribution in [0.15, 0.2) is 18.3 Å². The number of hydrogen-bond acceptors (Lipinski definition) is 1. The van der Waals surface area contributed by atoms with Gasteiger partial charge in [-0.05, 0) is 56.1 Å². The van der Waals surface area contributed by atoms with E-state index in [4.69, 9.17) is 11.6 Å². The van der Waals surface area contributed by atoms with Crippen LogP contribution in [0.1, 0.15) is 62.1 Å². The first-order valence-corrected chi connectivity index (χ1v) is 7.86. The maximum absolute atomic E-state index is 6.44. The first-order valence-electron chi connectivity index (χ1n) is 7.42. The van der Waals surface area contributed by atoms with Crippen LogP contribution in [0, 0.1) is 5.92 Å². The molecule has 1 aromatic heterocycles. The molecule has 18 heavy (non-hydrogen) atoms. The van der Waals surface area contributed by atoms with E-state index in [2.05, 4.69) is 17.1 Å². The van der Waals surface area contributed by atoms with Crippen molar-refractivity contribution >= 4 is 11.6 Å². The van der Waals surface area contributed by atoms with Crippen LogP contribution in [-0.2, 0) is 6.42 Å². The van der Waals surface area contributed by atoms with Crippen LogP contribution in [0.25, 0.3) is 0 Å². The number of rotatable bonds is 1. The number of nitrogens with zero attached hydrogens (tertiary/aromatic N) is 1. The van der Waals surface area contributed by atoms with Gasteiger partial charge in [0.05, 0.1) is 0 Å². The molecule has 2 aliphatic carbocycles. The van der Waals surface area contributed by atoms with Crippen molar-refractivity contribution in [3.63, 3.8) is 0 Å². The van der Waals surface area contributed by atoms with E-state index >= 15 is 0 Å². The summed E-state index contributed by atoms with van der Waals surface area (Å²) in [4.78, 5) is 4.69. The van der Waals surface area contributed by atoms with Crippen LogP contribution >= 0.6 is 11.6 Å². The van der Waals surface area contributed by atoms with E-state index in [9.17, 15) is 0 Å². The normalized spacial score (nSPS) is 32.6. The van der Waals surface area contributed by atoms with Gasteiger partial charge in [0, 0.05) is 23.2 Å². The molecular weight excluding hydrogens is 242 g/mol. The molecule has 1 nitrogen and oxygen atoms in total. The van der Waals surface area contributed by atoms with Gasteiger partial charge < -0.3 is 0 Å². The second kappa shape index (κ2) is 5.61. The minimum absolute atomic E-state index is 0.395. The molecule has 1 fully saturated rings. The van der Waals surface area contributed by atoms with Gasteiger partial charge in [0.1, 0.15) is 0 Å². The summed E-state index contributed by atoms with van der Waals surface area (Å²) in [6.45, 7) is 0. The third-order valence-corrected chi connectivity index (χ3v) is 5.10. The van der Waals surface area contributed by atoms with Crippen molar-refractivity contribution in [1.82, 2.24) is 4.98 Å². The van der Waals surface area contributed by atoms with E-state index in [0.29, 0.717) is 11.3 Å². The molecule has 1 aromatic rings. The minimum Gasteiger partial charge on any atom is -0.261 e. The maximum Gasteiger partial charge on any atom is 0.0469 e. The summed E-state index contributed by atoms with van der Waals surface area (Å²) < 4.78 is 0. The van der Waals surface area contributed by atoms with Crippen molar-refractivity contribution in [2.45, 2.75) is 62.7 Å². The van der Waals surface area contributed by atoms with Gasteiger partial charge >= 0.3 is 0 Å². The summed E-state index contributed by atoms with van der Waals surface area (Å²) in [5, 5.41) is 0.395. The fourth-order valence-corrected chi connectivity index (χ4v) is 4.19. The molecule has 0 spiro atoms. The number of alkyl halides is 1. The highest BCUT2D eigenvalue weighted by atomic mass is 35.5. The fraction of sp³-hybridized carbons (Fsp3) is 0.688. The minimum atomic E-state index is 0.395. The van der Waals surface area contributed by atoms with Gasteiger partial charge in [-0.25, -0.2) is 0 Å². The number of hydrogen-bond donors (Lipinski definition) is 0. The van der Waals surface area contributed by atoms with Crippen molar-refractivity contribution in [2.75, 3.05) is 0 Å². The molecule has 1 heterocycles. The number of fused-ring (bicyclic) bond motifs is 1. The molecule has 0 saturated heterocycles. The van der Waals surface area contributed by atoms with Crippen LogP contribution in [0.5, 0.6) is 0 Å². The summed E-state index contributed by atoms with van der Waals surface area (Å²) in [7, 11) is 0. The Morgan fingerprint density at radius 1 is 1.11 bits per heavy atom. The number of pyridine rings is 1. The molecule has 0 radical (unpaired) electrons. The average molecular weight is 264 g/mol. The zero-order valence-electron chi connectivity index (χ0n) is 10.9. The molecule has 2 heteroatoms. The molecule has 0 bridgehead atoms. The maximum atomic E-state index is 6.44. The molecule has 0 amide bonds. The van der Waals surface area contributed by atoms with Crippen LogP contribution < -0.4 is 0 Å². The van der Waals surface area contributed by atoms with Gasteiger partial charge in [-0.15, -0.1) is 11.6 Å². The average Bonchev–Trinajstić information content (AvgIpc) is 2.63. The van der Waals surface area contributed by atoms with E-state index in [1.807, 2.05) is 6.20 Å². The molecule has 3 unspecified atom stereocenters. The SMILES string of the molecule is ClC1CCCCC(C2CCCc3cccnc32)C1. The highest BCUT2D eigenvalue weighted by Crippen LogP contribution is 2.42. The van der Waals surface area contributed by atoms with Crippen molar-refractivity contribution in [3.05, 3.63) is 29.6 Å². The Labute approximate surface area is 115 Å². The second-order valence-electron chi connectivity index (χ2n) is 5.92. The molecule has 0 aromatic carbocycles. The summed E-state index contributed by atoms with van der Waals surface area (Å²) in [6, 6.07) is 4.35. The van der Waals surface area contributed by atoms with Gasteiger partial charge in [-0.3, -0.25) is 4.98 Å². The van der Waals surface area contributed by atoms with Gasteiger partial charge in [0.15, 0.2) is 0 Å². The van der Waals surface area contributed by atoms with Gasteiger partial charge in [0.25, 0.3) is 0 Å². The lowest BCUT2D eigenvalue weighted by Gasteiger charge is -2.31. The van der Waals surface area contributed by atoms with Crippen LogP contribution in [0.2, 0.25) is 0 Å². The topological polar surface area (TPSA) is 12.9 Å². The lowest BCUT2D eigenvalue weighted by Crippen LogP contribution is -2.21. The first kappa shape index (κ1) is 12.5. The van der Waals surface area contributed by atoms with Crippen LogP contribution in [-0.4, -0.2) is 10.4 Å². The van der Waals surface area contributed by atoms with Gasteiger partial charge in [-0.1, -0.05) is 18.9 Å².